The van der Waals surface area contributed by atoms with Crippen LogP contribution in [0, 0.1) is 20.8 Å². The van der Waals surface area contributed by atoms with Gasteiger partial charge in [0.25, 0.3) is 0 Å². The van der Waals surface area contributed by atoms with Crippen molar-refractivity contribution in [3.63, 3.8) is 0 Å². The number of carbonyl (C=O) groups is 1. The number of carbonyl (C=O) groups excluding carboxylic acids is 1. The molecule has 2 aromatic rings. The van der Waals surface area contributed by atoms with E-state index >= 15 is 0 Å². The van der Waals surface area contributed by atoms with Crippen LogP contribution in [0.2, 0.25) is 0 Å². The second-order valence-electron chi connectivity index (χ2n) is 4.50. The van der Waals surface area contributed by atoms with E-state index in [0.717, 1.165) is 10.7 Å². The van der Waals surface area contributed by atoms with Gasteiger partial charge in [-0.15, -0.1) is 11.3 Å². The summed E-state index contributed by atoms with van der Waals surface area (Å²) >= 11 is 3.07. The Bertz CT molecular complexity index is 597. The number of nitrogens with zero attached hydrogens (tertiary/aromatic N) is 1. The number of ether oxygens (including phenoxy) is 1. The van der Waals surface area contributed by atoms with E-state index < -0.39 is 0 Å². The molecular formula is C14H18N2O2S2. The first-order valence-corrected chi connectivity index (χ1v) is 8.05. The van der Waals surface area contributed by atoms with Gasteiger partial charge in [0.05, 0.1) is 18.8 Å². The van der Waals surface area contributed by atoms with Crippen LogP contribution in [0.15, 0.2) is 6.07 Å². The predicted octanol–water partition coefficient (Wildman–Crippen LogP) is 3.92. The fourth-order valence-electron chi connectivity index (χ4n) is 1.84. The van der Waals surface area contributed by atoms with Crippen molar-refractivity contribution in [2.24, 2.45) is 0 Å². The highest BCUT2D eigenvalue weighted by molar-refractivity contribution is 7.12. The monoisotopic (exact) mass is 310 g/mol. The molecule has 0 aliphatic carbocycles. The number of rotatable bonds is 5. The average molecular weight is 310 g/mol. The van der Waals surface area contributed by atoms with Crippen molar-refractivity contribution in [1.82, 2.24) is 4.37 Å². The zero-order valence-electron chi connectivity index (χ0n) is 12.1. The van der Waals surface area contributed by atoms with E-state index in [0.29, 0.717) is 18.7 Å². The lowest BCUT2D eigenvalue weighted by Crippen LogP contribution is -2.08. The maximum atomic E-state index is 11.9. The molecule has 0 fully saturated rings. The van der Waals surface area contributed by atoms with E-state index in [2.05, 4.69) is 29.6 Å². The highest BCUT2D eigenvalue weighted by atomic mass is 32.1. The summed E-state index contributed by atoms with van der Waals surface area (Å²) in [6.45, 7) is 8.93. The van der Waals surface area contributed by atoms with E-state index in [1.807, 2.05) is 6.92 Å². The van der Waals surface area contributed by atoms with Crippen molar-refractivity contribution in [2.45, 2.75) is 34.2 Å². The van der Waals surface area contributed by atoms with E-state index in [4.69, 9.17) is 4.74 Å². The van der Waals surface area contributed by atoms with Crippen LogP contribution in [-0.4, -0.2) is 16.9 Å². The molecule has 0 atom stereocenters. The Morgan fingerprint density at radius 1 is 1.40 bits per heavy atom. The molecule has 6 heteroatoms. The zero-order chi connectivity index (χ0) is 14.7. The van der Waals surface area contributed by atoms with Crippen molar-refractivity contribution in [1.29, 1.82) is 0 Å². The molecule has 2 heterocycles. The number of hydrogen-bond acceptors (Lipinski definition) is 6. The minimum absolute atomic E-state index is 0.306. The Morgan fingerprint density at radius 2 is 2.15 bits per heavy atom. The maximum Gasteiger partial charge on any atom is 0.343 e. The summed E-state index contributed by atoms with van der Waals surface area (Å²) in [4.78, 5) is 14.5. The lowest BCUT2D eigenvalue weighted by molar-refractivity contribution is 0.0527. The van der Waals surface area contributed by atoms with Gasteiger partial charge in [-0.05, 0) is 50.9 Å². The smallest absolute Gasteiger partial charge is 0.343 e. The molecule has 108 valence electrons. The van der Waals surface area contributed by atoms with Crippen LogP contribution in [-0.2, 0) is 11.3 Å². The lowest BCUT2D eigenvalue weighted by Gasteiger charge is -2.05. The van der Waals surface area contributed by atoms with Crippen molar-refractivity contribution in [3.05, 3.63) is 32.6 Å². The number of nitrogens with one attached hydrogen (secondary N) is 1. The fourth-order valence-corrected chi connectivity index (χ4v) is 3.61. The molecule has 0 spiro atoms. The Kier molecular flexibility index (Phi) is 4.77. The number of thiophene rings is 1. The third kappa shape index (κ3) is 3.19. The number of hydrogen-bond donors (Lipinski definition) is 1. The summed E-state index contributed by atoms with van der Waals surface area (Å²) in [7, 11) is 0. The zero-order valence-corrected chi connectivity index (χ0v) is 13.7. The largest absolute Gasteiger partial charge is 0.462 e. The van der Waals surface area contributed by atoms with Gasteiger partial charge in [-0.3, -0.25) is 0 Å². The standard InChI is InChI=1S/C14H18N2O2S2/c1-5-18-14(17)12-9(3)16-20-13(12)15-7-11-6-8(2)10(4)19-11/h6,15H,5,7H2,1-4H3. The van der Waals surface area contributed by atoms with E-state index in [1.54, 1.807) is 18.3 Å². The Hall–Kier alpha value is -1.40. The van der Waals surface area contributed by atoms with Gasteiger partial charge in [-0.2, -0.15) is 4.37 Å². The third-order valence-corrected chi connectivity index (χ3v) is 5.03. The minimum atomic E-state index is -0.306. The van der Waals surface area contributed by atoms with Crippen molar-refractivity contribution < 1.29 is 9.53 Å². The van der Waals surface area contributed by atoms with Crippen LogP contribution in [0.5, 0.6) is 0 Å². The molecule has 0 aliphatic rings. The SMILES string of the molecule is CCOC(=O)c1c(C)nsc1NCc1cc(C)c(C)s1. The maximum absolute atomic E-state index is 11.9. The van der Waals surface area contributed by atoms with Crippen molar-refractivity contribution in [3.8, 4) is 0 Å². The van der Waals surface area contributed by atoms with Gasteiger partial charge in [0.15, 0.2) is 0 Å². The molecule has 0 aliphatic heterocycles. The first kappa shape index (κ1) is 15.0. The molecule has 2 aromatic heterocycles. The number of anilines is 1. The highest BCUT2D eigenvalue weighted by Crippen LogP contribution is 2.27. The molecule has 0 aromatic carbocycles. The predicted molar refractivity (Wildman–Crippen MR) is 83.9 cm³/mol. The third-order valence-electron chi connectivity index (χ3n) is 2.98. The van der Waals surface area contributed by atoms with Gasteiger partial charge in [-0.25, -0.2) is 4.79 Å². The average Bonchev–Trinajstić information content (AvgIpc) is 2.91. The molecular weight excluding hydrogens is 292 g/mol. The van der Waals surface area contributed by atoms with Gasteiger partial charge < -0.3 is 10.1 Å². The summed E-state index contributed by atoms with van der Waals surface area (Å²) in [6, 6.07) is 2.17. The van der Waals surface area contributed by atoms with Crippen LogP contribution in [0.1, 0.15) is 38.3 Å². The summed E-state index contributed by atoms with van der Waals surface area (Å²) < 4.78 is 9.31. The van der Waals surface area contributed by atoms with Gasteiger partial charge in [0.2, 0.25) is 0 Å². The quantitative estimate of drug-likeness (QED) is 0.850. The Morgan fingerprint density at radius 3 is 2.75 bits per heavy atom. The van der Waals surface area contributed by atoms with Crippen LogP contribution in [0.3, 0.4) is 0 Å². The van der Waals surface area contributed by atoms with Crippen molar-refractivity contribution in [2.75, 3.05) is 11.9 Å². The van der Waals surface area contributed by atoms with Crippen LogP contribution < -0.4 is 5.32 Å². The van der Waals surface area contributed by atoms with E-state index in [-0.39, 0.29) is 5.97 Å². The number of esters is 1. The van der Waals surface area contributed by atoms with E-state index in [9.17, 15) is 4.79 Å². The van der Waals surface area contributed by atoms with Gasteiger partial charge in [-0.1, -0.05) is 0 Å². The van der Waals surface area contributed by atoms with Crippen molar-refractivity contribution >= 4 is 33.8 Å². The van der Waals surface area contributed by atoms with Crippen LogP contribution in [0.4, 0.5) is 5.00 Å². The van der Waals surface area contributed by atoms with E-state index in [1.165, 1.54) is 26.9 Å². The first-order chi connectivity index (χ1) is 9.52. The molecule has 0 unspecified atom stereocenters. The number of aromatic nitrogens is 1. The topological polar surface area (TPSA) is 51.2 Å². The molecule has 4 nitrogen and oxygen atoms in total. The summed E-state index contributed by atoms with van der Waals surface area (Å²) in [6.07, 6.45) is 0. The normalized spacial score (nSPS) is 10.6. The summed E-state index contributed by atoms with van der Waals surface area (Å²) in [5, 5.41) is 4.08. The summed E-state index contributed by atoms with van der Waals surface area (Å²) in [5.74, 6) is -0.306. The van der Waals surface area contributed by atoms with Gasteiger partial charge in [0, 0.05) is 9.75 Å². The number of aryl methyl sites for hydroxylation is 3. The molecule has 0 saturated carbocycles. The molecule has 1 N–H and O–H groups in total. The highest BCUT2D eigenvalue weighted by Gasteiger charge is 2.19. The van der Waals surface area contributed by atoms with Gasteiger partial charge in [0.1, 0.15) is 10.6 Å². The Balaban J connectivity index is 2.12. The minimum Gasteiger partial charge on any atom is -0.462 e. The molecule has 2 rings (SSSR count). The molecule has 0 amide bonds. The molecule has 0 bridgehead atoms. The van der Waals surface area contributed by atoms with Gasteiger partial charge >= 0.3 is 5.97 Å². The van der Waals surface area contributed by atoms with Crippen LogP contribution in [0.25, 0.3) is 0 Å². The second kappa shape index (κ2) is 6.37. The molecule has 0 radical (unpaired) electrons. The Labute approximate surface area is 127 Å². The molecule has 0 saturated heterocycles. The van der Waals surface area contributed by atoms with Crippen LogP contribution >= 0.6 is 22.9 Å². The fraction of sp³-hybridized carbons (Fsp3) is 0.429. The first-order valence-electron chi connectivity index (χ1n) is 6.46. The lowest BCUT2D eigenvalue weighted by atomic mass is 10.2. The second-order valence-corrected chi connectivity index (χ2v) is 6.61. The summed E-state index contributed by atoms with van der Waals surface area (Å²) in [5.41, 5.74) is 2.58. The molecule has 20 heavy (non-hydrogen) atoms.